The summed E-state index contributed by atoms with van der Waals surface area (Å²) in [6, 6.07) is 9.93. The van der Waals surface area contributed by atoms with Gasteiger partial charge in [0.05, 0.1) is 23.4 Å². The fourth-order valence-corrected chi connectivity index (χ4v) is 4.95. The number of phenolic OH excluding ortho intramolecular Hbond substituents is 1. The van der Waals surface area contributed by atoms with Crippen molar-refractivity contribution in [2.45, 2.75) is 31.5 Å². The third-order valence-electron chi connectivity index (χ3n) is 7.10. The molecule has 2 aromatic carbocycles. The van der Waals surface area contributed by atoms with Crippen LogP contribution in [0.3, 0.4) is 0 Å². The van der Waals surface area contributed by atoms with Crippen LogP contribution in [0.2, 0.25) is 0 Å². The molecule has 0 radical (unpaired) electrons. The lowest BCUT2D eigenvalue weighted by Gasteiger charge is -2.37. The second-order valence-corrected chi connectivity index (χ2v) is 9.57. The number of aromatic nitrogens is 2. The average Bonchev–Trinajstić information content (AvgIpc) is 3.63. The number of piperazine rings is 1. The van der Waals surface area contributed by atoms with Gasteiger partial charge in [-0.25, -0.2) is 9.18 Å². The number of anilines is 2. The number of halogens is 1. The summed E-state index contributed by atoms with van der Waals surface area (Å²) < 4.78 is 21.0. The molecule has 1 atom stereocenters. The smallest absolute Gasteiger partial charge is 0.336 e. The number of carboxylic acid groups (broad SMARTS) is 1. The maximum atomic E-state index is 15.2. The van der Waals surface area contributed by atoms with Crippen LogP contribution in [0.4, 0.5) is 15.8 Å². The van der Waals surface area contributed by atoms with E-state index in [9.17, 15) is 20.1 Å². The molecule has 1 saturated heterocycles. The third-order valence-corrected chi connectivity index (χ3v) is 7.10. The maximum Gasteiger partial charge on any atom is 0.336 e. The van der Waals surface area contributed by atoms with Gasteiger partial charge in [-0.1, -0.05) is 12.1 Å². The first-order valence-corrected chi connectivity index (χ1v) is 12.2. The van der Waals surface area contributed by atoms with Crippen LogP contribution >= 0.6 is 0 Å². The largest absolute Gasteiger partial charge is 0.507 e. The van der Waals surface area contributed by atoms with Crippen molar-refractivity contribution in [3.05, 3.63) is 65.4 Å². The van der Waals surface area contributed by atoms with Crippen LogP contribution in [0, 0.1) is 5.82 Å². The number of aliphatic hydroxyl groups excluding tert-OH is 1. The van der Waals surface area contributed by atoms with E-state index in [-0.39, 0.29) is 28.8 Å². The lowest BCUT2D eigenvalue weighted by molar-refractivity contribution is -0.133. The third kappa shape index (κ3) is 4.40. The monoisotopic (exact) mass is 507 g/mol. The molecule has 1 saturated carbocycles. The molecule has 2 fully saturated rings. The minimum atomic E-state index is -1.38. The van der Waals surface area contributed by atoms with E-state index in [0.717, 1.165) is 12.8 Å². The summed E-state index contributed by atoms with van der Waals surface area (Å²) in [5.41, 5.74) is 1.70. The molecular formula is C26H26FN5O5. The van der Waals surface area contributed by atoms with E-state index in [1.54, 1.807) is 30.3 Å². The summed E-state index contributed by atoms with van der Waals surface area (Å²) in [4.78, 5) is 17.6. The van der Waals surface area contributed by atoms with E-state index in [4.69, 9.17) is 4.42 Å². The lowest BCUT2D eigenvalue weighted by Crippen LogP contribution is -2.46. The number of carboxylic acids is 1. The first kappa shape index (κ1) is 23.4. The first-order chi connectivity index (χ1) is 17.9. The number of rotatable bonds is 6. The minimum absolute atomic E-state index is 0.0702. The molecule has 3 aromatic rings. The van der Waals surface area contributed by atoms with Gasteiger partial charge in [0.25, 0.3) is 5.89 Å². The number of benzene rings is 2. The lowest BCUT2D eigenvalue weighted by atomic mass is 9.95. The summed E-state index contributed by atoms with van der Waals surface area (Å²) in [7, 11) is 0. The number of carbonyl (C=O) groups is 1. The van der Waals surface area contributed by atoms with Crippen molar-refractivity contribution in [3.63, 3.8) is 0 Å². The zero-order valence-corrected chi connectivity index (χ0v) is 19.9. The molecule has 10 nitrogen and oxygen atoms in total. The Bertz CT molecular complexity index is 1380. The number of fused-ring (bicyclic) bond motifs is 1. The van der Waals surface area contributed by atoms with Crippen LogP contribution in [0.15, 0.2) is 52.6 Å². The Kier molecular flexibility index (Phi) is 5.81. The van der Waals surface area contributed by atoms with Gasteiger partial charge in [-0.15, -0.1) is 10.2 Å². The number of aromatic hydroxyl groups is 1. The fraction of sp³-hybridized carbons (Fsp3) is 0.346. The van der Waals surface area contributed by atoms with Gasteiger partial charge in [0.1, 0.15) is 17.7 Å². The Morgan fingerprint density at radius 3 is 2.54 bits per heavy atom. The summed E-state index contributed by atoms with van der Waals surface area (Å²) in [6.07, 6.45) is 1.96. The summed E-state index contributed by atoms with van der Waals surface area (Å²) >= 11 is 0. The van der Waals surface area contributed by atoms with Crippen LogP contribution < -0.4 is 9.80 Å². The molecule has 37 heavy (non-hydrogen) atoms. The molecule has 1 unspecified atom stereocenters. The van der Waals surface area contributed by atoms with Crippen molar-refractivity contribution in [2.24, 2.45) is 0 Å². The van der Waals surface area contributed by atoms with Gasteiger partial charge in [0.2, 0.25) is 5.89 Å². The number of aliphatic hydroxyl groups is 1. The standard InChI is InChI=1S/C26H26FN5O5/c27-19-11-17-20(32(15-5-6-15)13-18(24(17)34)26(35)36)12-21(19)31-9-7-30(8-10-31)14-23-28-29-25(37-23)16-3-1-2-4-22(16)33/h1-4,11-13,15,24,33-34H,5-10,14H2,(H,35,36). The predicted molar refractivity (Wildman–Crippen MR) is 131 cm³/mol. The zero-order chi connectivity index (χ0) is 25.7. The molecule has 3 heterocycles. The SMILES string of the molecule is O=C(O)C1=CN(C2CC2)c2cc(N3CCN(Cc4nnc(-c5ccccc5O)o4)CC3)c(F)cc2C1O. The Balaban J connectivity index is 1.16. The molecule has 1 aromatic heterocycles. The molecular weight excluding hydrogens is 481 g/mol. The number of nitrogens with zero attached hydrogens (tertiary/aromatic N) is 5. The van der Waals surface area contributed by atoms with E-state index in [0.29, 0.717) is 55.6 Å². The van der Waals surface area contributed by atoms with Gasteiger partial charge in [-0.05, 0) is 37.1 Å². The van der Waals surface area contributed by atoms with E-state index < -0.39 is 17.9 Å². The van der Waals surface area contributed by atoms with Crippen LogP contribution in [0.1, 0.15) is 30.4 Å². The van der Waals surface area contributed by atoms with Crippen molar-refractivity contribution in [3.8, 4) is 17.2 Å². The van der Waals surface area contributed by atoms with Crippen LogP contribution in [0.25, 0.3) is 11.5 Å². The molecule has 0 bridgehead atoms. The van der Waals surface area contributed by atoms with Crippen molar-refractivity contribution >= 4 is 17.3 Å². The quantitative estimate of drug-likeness (QED) is 0.458. The van der Waals surface area contributed by atoms with Crippen molar-refractivity contribution < 1.29 is 28.9 Å². The normalized spacial score (nSPS) is 20.1. The molecule has 6 rings (SSSR count). The fourth-order valence-electron chi connectivity index (χ4n) is 4.95. The highest BCUT2D eigenvalue weighted by Crippen LogP contribution is 2.44. The van der Waals surface area contributed by atoms with Gasteiger partial charge >= 0.3 is 5.97 Å². The minimum Gasteiger partial charge on any atom is -0.507 e. The van der Waals surface area contributed by atoms with E-state index >= 15 is 4.39 Å². The highest BCUT2D eigenvalue weighted by Gasteiger charge is 2.38. The molecule has 3 aliphatic rings. The van der Waals surface area contributed by atoms with Crippen LogP contribution in [-0.2, 0) is 11.3 Å². The second-order valence-electron chi connectivity index (χ2n) is 9.57. The van der Waals surface area contributed by atoms with E-state index in [2.05, 4.69) is 15.1 Å². The Morgan fingerprint density at radius 2 is 1.84 bits per heavy atom. The Hall–Kier alpha value is -3.96. The van der Waals surface area contributed by atoms with E-state index in [1.165, 1.54) is 12.3 Å². The van der Waals surface area contributed by atoms with E-state index in [1.807, 2.05) is 9.80 Å². The second kappa shape index (κ2) is 9.16. The van der Waals surface area contributed by atoms with Gasteiger partial charge in [-0.2, -0.15) is 0 Å². The first-order valence-electron chi connectivity index (χ1n) is 12.2. The van der Waals surface area contributed by atoms with Gasteiger partial charge < -0.3 is 29.5 Å². The highest BCUT2D eigenvalue weighted by molar-refractivity contribution is 5.91. The van der Waals surface area contributed by atoms with Crippen molar-refractivity contribution in [2.75, 3.05) is 36.0 Å². The highest BCUT2D eigenvalue weighted by atomic mass is 19.1. The van der Waals surface area contributed by atoms with Gasteiger partial charge in [0.15, 0.2) is 0 Å². The van der Waals surface area contributed by atoms with Crippen LogP contribution in [-0.4, -0.2) is 68.6 Å². The summed E-state index contributed by atoms with van der Waals surface area (Å²) in [5.74, 6) is -0.941. The zero-order valence-electron chi connectivity index (χ0n) is 19.9. The molecule has 2 aliphatic heterocycles. The molecule has 11 heteroatoms. The average molecular weight is 508 g/mol. The number of para-hydroxylation sites is 1. The summed E-state index contributed by atoms with van der Waals surface area (Å²) in [5, 5.41) is 38.3. The summed E-state index contributed by atoms with van der Waals surface area (Å²) in [6.45, 7) is 2.86. The molecule has 3 N–H and O–H groups in total. The molecule has 0 amide bonds. The van der Waals surface area contributed by atoms with Crippen molar-refractivity contribution in [1.29, 1.82) is 0 Å². The van der Waals surface area contributed by atoms with Crippen LogP contribution in [0.5, 0.6) is 5.75 Å². The van der Waals surface area contributed by atoms with Gasteiger partial charge in [0, 0.05) is 49.7 Å². The number of hydrogen-bond donors (Lipinski definition) is 3. The van der Waals surface area contributed by atoms with Crippen molar-refractivity contribution in [1.82, 2.24) is 15.1 Å². The van der Waals surface area contributed by atoms with Gasteiger partial charge in [-0.3, -0.25) is 4.90 Å². The number of hydrogen-bond acceptors (Lipinski definition) is 9. The Labute approximate surface area is 211 Å². The Morgan fingerprint density at radius 1 is 1.08 bits per heavy atom. The number of phenols is 1. The maximum absolute atomic E-state index is 15.2. The molecule has 1 aliphatic carbocycles. The molecule has 0 spiro atoms. The topological polar surface area (TPSA) is 126 Å². The predicted octanol–water partition coefficient (Wildman–Crippen LogP) is 2.89. The molecule has 192 valence electrons. The number of aliphatic carboxylic acids is 1.